The largest absolute Gasteiger partial charge is 0.573 e. The lowest BCUT2D eigenvalue weighted by atomic mass is 10.1. The molecule has 34 heavy (non-hydrogen) atoms. The second-order valence-electron chi connectivity index (χ2n) is 7.10. The molecular weight excluding hydrogens is 447 g/mol. The van der Waals surface area contributed by atoms with Gasteiger partial charge in [0.2, 0.25) is 0 Å². The summed E-state index contributed by atoms with van der Waals surface area (Å²) in [6.45, 7) is 1.92. The zero-order chi connectivity index (χ0) is 24.7. The molecule has 176 valence electrons. The molecule has 0 aliphatic carbocycles. The van der Waals surface area contributed by atoms with E-state index in [4.69, 9.17) is 5.73 Å². The third kappa shape index (κ3) is 6.35. The monoisotopic (exact) mass is 469 g/mol. The van der Waals surface area contributed by atoms with E-state index in [2.05, 4.69) is 25.3 Å². The summed E-state index contributed by atoms with van der Waals surface area (Å²) in [6.07, 6.45) is -0.318. The molecule has 4 N–H and O–H groups in total. The van der Waals surface area contributed by atoms with Crippen LogP contribution in [0, 0.1) is 6.92 Å². The van der Waals surface area contributed by atoms with Crippen molar-refractivity contribution in [2.45, 2.75) is 13.3 Å². The Morgan fingerprint density at radius 2 is 1.79 bits per heavy atom. The Bertz CT molecular complexity index is 1220. The van der Waals surface area contributed by atoms with Crippen LogP contribution < -0.4 is 21.1 Å². The number of aryl methyl sites for hydroxylation is 1. The topological polar surface area (TPSA) is 102 Å². The van der Waals surface area contributed by atoms with Crippen LogP contribution in [0.3, 0.4) is 0 Å². The lowest BCUT2D eigenvalue weighted by Crippen LogP contribution is -2.17. The van der Waals surface area contributed by atoms with Crippen LogP contribution in [0.25, 0.3) is 5.57 Å². The lowest BCUT2D eigenvalue weighted by molar-refractivity contribution is -0.274. The summed E-state index contributed by atoms with van der Waals surface area (Å²) >= 11 is 0. The third-order valence-electron chi connectivity index (χ3n) is 4.67. The van der Waals surface area contributed by atoms with Crippen LogP contribution in [0.4, 0.5) is 30.4 Å². The van der Waals surface area contributed by atoms with E-state index in [1.54, 1.807) is 25.5 Å². The highest BCUT2D eigenvalue weighted by Gasteiger charge is 2.31. The average Bonchev–Trinajstić information content (AvgIpc) is 2.79. The summed E-state index contributed by atoms with van der Waals surface area (Å²) in [5.74, 6) is -0.604. The maximum atomic E-state index is 12.9. The normalized spacial score (nSPS) is 12.0. The molecular formula is C24H22F3N5O2. The molecule has 0 saturated heterocycles. The fourth-order valence-electron chi connectivity index (χ4n) is 3.01. The third-order valence-corrected chi connectivity index (χ3v) is 4.67. The number of anilines is 3. The summed E-state index contributed by atoms with van der Waals surface area (Å²) in [7, 11) is 1.60. The van der Waals surface area contributed by atoms with Crippen molar-refractivity contribution in [1.29, 1.82) is 0 Å². The van der Waals surface area contributed by atoms with E-state index < -0.39 is 18.0 Å². The fraction of sp³-hybridized carbons (Fsp3) is 0.125. The number of amides is 1. The molecule has 0 bridgehead atoms. The molecule has 0 atom stereocenters. The molecule has 1 heterocycles. The highest BCUT2D eigenvalue weighted by molar-refractivity contribution is 6.11. The molecule has 0 aliphatic rings. The number of hydrogen-bond acceptors (Lipinski definition) is 6. The number of alkyl halides is 3. The smallest absolute Gasteiger partial charge is 0.406 e. The standard InChI is InChI=1S/C24H22F3N5O2/c1-15-5-3-4-6-20(15)31-22-21(11-17(14-30-22)18(12-28)13-29-2)32-23(33)16-7-9-19(10-8-16)34-24(25,26)27/h3-14H,28H2,1-2H3,(H,30,31)(H,32,33)/b18-12+,29-13?. The molecule has 0 spiro atoms. The SMILES string of the molecule is CN=C/C(=C\N)c1cnc(Nc2ccccc2C)c(NC(=O)c2ccc(OC(F)(F)F)cc2)c1. The number of nitrogens with zero attached hydrogens (tertiary/aromatic N) is 2. The van der Waals surface area contributed by atoms with Crippen molar-refractivity contribution in [3.05, 3.63) is 83.7 Å². The number of carbonyl (C=O) groups is 1. The minimum atomic E-state index is -4.82. The number of para-hydroxylation sites is 1. The van der Waals surface area contributed by atoms with Gasteiger partial charge >= 0.3 is 6.36 Å². The number of aliphatic imine (C=N–C) groups is 1. The van der Waals surface area contributed by atoms with Gasteiger partial charge < -0.3 is 21.1 Å². The predicted molar refractivity (Wildman–Crippen MR) is 126 cm³/mol. The number of hydrogen-bond donors (Lipinski definition) is 3. The van der Waals surface area contributed by atoms with Gasteiger partial charge in [-0.25, -0.2) is 4.98 Å². The molecule has 3 rings (SSSR count). The molecule has 0 saturated carbocycles. The van der Waals surface area contributed by atoms with E-state index in [0.29, 0.717) is 22.6 Å². The van der Waals surface area contributed by atoms with Gasteiger partial charge in [-0.15, -0.1) is 13.2 Å². The van der Waals surface area contributed by atoms with Crippen LogP contribution in [0.1, 0.15) is 21.5 Å². The van der Waals surface area contributed by atoms with Gasteiger partial charge in [-0.3, -0.25) is 9.79 Å². The molecule has 1 amide bonds. The van der Waals surface area contributed by atoms with Gasteiger partial charge in [0.15, 0.2) is 5.82 Å². The van der Waals surface area contributed by atoms with Gasteiger partial charge in [0.1, 0.15) is 5.75 Å². The summed E-state index contributed by atoms with van der Waals surface area (Å²) in [6, 6.07) is 13.8. The van der Waals surface area contributed by atoms with E-state index in [-0.39, 0.29) is 5.56 Å². The molecule has 0 radical (unpaired) electrons. The number of allylic oxidation sites excluding steroid dienone is 1. The number of ether oxygens (including phenoxy) is 1. The zero-order valence-electron chi connectivity index (χ0n) is 18.4. The predicted octanol–water partition coefficient (Wildman–Crippen LogP) is 5.28. The minimum Gasteiger partial charge on any atom is -0.406 e. The summed E-state index contributed by atoms with van der Waals surface area (Å²) in [5, 5.41) is 5.95. The molecule has 0 fully saturated rings. The van der Waals surface area contributed by atoms with Crippen molar-refractivity contribution in [3.63, 3.8) is 0 Å². The van der Waals surface area contributed by atoms with Crippen LogP contribution in [-0.2, 0) is 0 Å². The summed E-state index contributed by atoms with van der Waals surface area (Å²) in [4.78, 5) is 21.3. The van der Waals surface area contributed by atoms with Crippen molar-refractivity contribution in [2.75, 3.05) is 17.7 Å². The lowest BCUT2D eigenvalue weighted by Gasteiger charge is -2.15. The van der Waals surface area contributed by atoms with Gasteiger partial charge in [-0.1, -0.05) is 18.2 Å². The van der Waals surface area contributed by atoms with Crippen molar-refractivity contribution in [2.24, 2.45) is 10.7 Å². The first-order valence-corrected chi connectivity index (χ1v) is 10.0. The number of aromatic nitrogens is 1. The average molecular weight is 469 g/mol. The molecule has 0 aliphatic heterocycles. The Hall–Kier alpha value is -4.34. The van der Waals surface area contributed by atoms with Crippen molar-refractivity contribution < 1.29 is 22.7 Å². The number of nitrogens with two attached hydrogens (primary N) is 1. The Kier molecular flexibility index (Phi) is 7.52. The molecule has 10 heteroatoms. The van der Waals surface area contributed by atoms with E-state index in [0.717, 1.165) is 23.4 Å². The molecule has 3 aromatic rings. The minimum absolute atomic E-state index is 0.131. The number of pyridine rings is 1. The maximum Gasteiger partial charge on any atom is 0.573 e. The second-order valence-corrected chi connectivity index (χ2v) is 7.10. The van der Waals surface area contributed by atoms with E-state index in [1.807, 2.05) is 31.2 Å². The van der Waals surface area contributed by atoms with Gasteiger partial charge in [-0.05, 0) is 48.9 Å². The molecule has 1 aromatic heterocycles. The van der Waals surface area contributed by atoms with Crippen LogP contribution in [0.5, 0.6) is 5.75 Å². The zero-order valence-corrected chi connectivity index (χ0v) is 18.4. The van der Waals surface area contributed by atoms with Crippen LogP contribution >= 0.6 is 0 Å². The fourth-order valence-corrected chi connectivity index (χ4v) is 3.01. The number of carbonyl (C=O) groups excluding carboxylic acids is 1. The first-order chi connectivity index (χ1) is 16.2. The quantitative estimate of drug-likeness (QED) is 0.409. The summed E-state index contributed by atoms with van der Waals surface area (Å²) < 4.78 is 41.0. The number of rotatable bonds is 7. The van der Waals surface area contributed by atoms with E-state index in [9.17, 15) is 18.0 Å². The van der Waals surface area contributed by atoms with Gasteiger partial charge in [0, 0.05) is 48.0 Å². The van der Waals surface area contributed by atoms with Crippen LogP contribution in [0.2, 0.25) is 0 Å². The number of benzene rings is 2. The Morgan fingerprint density at radius 3 is 2.41 bits per heavy atom. The Labute approximate surface area is 194 Å². The van der Waals surface area contributed by atoms with E-state index >= 15 is 0 Å². The van der Waals surface area contributed by atoms with Gasteiger partial charge in [0.05, 0.1) is 5.69 Å². The maximum absolute atomic E-state index is 12.9. The highest BCUT2D eigenvalue weighted by Crippen LogP contribution is 2.29. The number of nitrogens with one attached hydrogen (secondary N) is 2. The first-order valence-electron chi connectivity index (χ1n) is 10.0. The molecule has 2 aromatic carbocycles. The first kappa shape index (κ1) is 24.3. The van der Waals surface area contributed by atoms with Gasteiger partial charge in [-0.2, -0.15) is 0 Å². The molecule has 7 nitrogen and oxygen atoms in total. The summed E-state index contributed by atoms with van der Waals surface area (Å²) in [5.41, 5.74) is 9.11. The van der Waals surface area contributed by atoms with E-state index in [1.165, 1.54) is 18.3 Å². The number of halogens is 3. The van der Waals surface area contributed by atoms with Crippen LogP contribution in [-0.4, -0.2) is 30.5 Å². The van der Waals surface area contributed by atoms with Gasteiger partial charge in [0.25, 0.3) is 5.91 Å². The van der Waals surface area contributed by atoms with Crippen molar-refractivity contribution in [3.8, 4) is 5.75 Å². The molecule has 0 unspecified atom stereocenters. The van der Waals surface area contributed by atoms with Crippen molar-refractivity contribution >= 4 is 34.9 Å². The van der Waals surface area contributed by atoms with Crippen LogP contribution in [0.15, 0.2) is 72.0 Å². The highest BCUT2D eigenvalue weighted by atomic mass is 19.4. The second kappa shape index (κ2) is 10.5. The van der Waals surface area contributed by atoms with Crippen molar-refractivity contribution in [1.82, 2.24) is 4.98 Å². The Balaban J connectivity index is 1.93. The Morgan fingerprint density at radius 1 is 1.09 bits per heavy atom.